The second kappa shape index (κ2) is 6.21. The van der Waals surface area contributed by atoms with E-state index in [-0.39, 0.29) is 5.91 Å². The van der Waals surface area contributed by atoms with E-state index in [4.69, 9.17) is 9.47 Å². The van der Waals surface area contributed by atoms with E-state index in [9.17, 15) is 4.79 Å². The fraction of sp³-hybridized carbons (Fsp3) is 0.917. The van der Waals surface area contributed by atoms with E-state index in [1.807, 2.05) is 0 Å². The van der Waals surface area contributed by atoms with Crippen LogP contribution in [0.15, 0.2) is 0 Å². The summed E-state index contributed by atoms with van der Waals surface area (Å²) < 4.78 is 10.4. The SMILES string of the molecule is O=C(NCCCCOCC1CO1)C1CCC1. The molecule has 1 amide bonds. The Labute approximate surface area is 96.7 Å². The van der Waals surface area contributed by atoms with E-state index < -0.39 is 0 Å². The zero-order valence-electron chi connectivity index (χ0n) is 9.74. The van der Waals surface area contributed by atoms with Crippen molar-refractivity contribution < 1.29 is 14.3 Å². The van der Waals surface area contributed by atoms with E-state index in [0.717, 1.165) is 52.0 Å². The van der Waals surface area contributed by atoms with Gasteiger partial charge in [-0.15, -0.1) is 0 Å². The number of carbonyl (C=O) groups excluding carboxylic acids is 1. The van der Waals surface area contributed by atoms with Gasteiger partial charge in [-0.3, -0.25) is 4.79 Å². The predicted molar refractivity (Wildman–Crippen MR) is 60.1 cm³/mol. The highest BCUT2D eigenvalue weighted by Gasteiger charge is 2.24. The van der Waals surface area contributed by atoms with Gasteiger partial charge in [-0.05, 0) is 25.7 Å². The molecule has 4 heteroatoms. The van der Waals surface area contributed by atoms with Crippen LogP contribution < -0.4 is 5.32 Å². The Hall–Kier alpha value is -0.610. The van der Waals surface area contributed by atoms with Crippen LogP contribution in [0.2, 0.25) is 0 Å². The minimum Gasteiger partial charge on any atom is -0.379 e. The van der Waals surface area contributed by atoms with Crippen molar-refractivity contribution >= 4 is 5.91 Å². The standard InChI is InChI=1S/C12H21NO3/c14-12(10-4-3-5-10)13-6-1-2-7-15-8-11-9-16-11/h10-11H,1-9H2,(H,13,14). The van der Waals surface area contributed by atoms with Gasteiger partial charge in [-0.2, -0.15) is 0 Å². The van der Waals surface area contributed by atoms with Gasteiger partial charge in [0.1, 0.15) is 6.10 Å². The van der Waals surface area contributed by atoms with Gasteiger partial charge in [-0.1, -0.05) is 6.42 Å². The third kappa shape index (κ3) is 4.10. The molecule has 1 saturated heterocycles. The molecule has 1 aliphatic heterocycles. The zero-order chi connectivity index (χ0) is 11.2. The van der Waals surface area contributed by atoms with Gasteiger partial charge in [0.25, 0.3) is 0 Å². The summed E-state index contributed by atoms with van der Waals surface area (Å²) in [7, 11) is 0. The molecule has 92 valence electrons. The van der Waals surface area contributed by atoms with Gasteiger partial charge in [0.15, 0.2) is 0 Å². The number of epoxide rings is 1. The lowest BCUT2D eigenvalue weighted by molar-refractivity contribution is -0.127. The second-order valence-corrected chi connectivity index (χ2v) is 4.66. The van der Waals surface area contributed by atoms with Crippen molar-refractivity contribution in [1.82, 2.24) is 5.32 Å². The summed E-state index contributed by atoms with van der Waals surface area (Å²) in [5.74, 6) is 0.557. The first-order chi connectivity index (χ1) is 7.86. The minimum atomic E-state index is 0.249. The predicted octanol–water partition coefficient (Wildman–Crippen LogP) is 1.10. The lowest BCUT2D eigenvalue weighted by Crippen LogP contribution is -2.34. The maximum atomic E-state index is 11.5. The summed E-state index contributed by atoms with van der Waals surface area (Å²) >= 11 is 0. The fourth-order valence-corrected chi connectivity index (χ4v) is 1.73. The normalized spacial score (nSPS) is 23.9. The van der Waals surface area contributed by atoms with Crippen LogP contribution >= 0.6 is 0 Å². The molecule has 1 atom stereocenters. The maximum absolute atomic E-state index is 11.5. The van der Waals surface area contributed by atoms with E-state index in [0.29, 0.717) is 12.0 Å². The van der Waals surface area contributed by atoms with Gasteiger partial charge in [0.05, 0.1) is 13.2 Å². The van der Waals surface area contributed by atoms with Crippen LogP contribution in [-0.4, -0.2) is 38.4 Å². The van der Waals surface area contributed by atoms with Crippen molar-refractivity contribution in [1.29, 1.82) is 0 Å². The highest BCUT2D eigenvalue weighted by atomic mass is 16.6. The Morgan fingerprint density at radius 2 is 2.19 bits per heavy atom. The van der Waals surface area contributed by atoms with Gasteiger partial charge in [0, 0.05) is 19.1 Å². The maximum Gasteiger partial charge on any atom is 0.223 e. The highest BCUT2D eigenvalue weighted by Crippen LogP contribution is 2.26. The number of ether oxygens (including phenoxy) is 2. The number of unbranched alkanes of at least 4 members (excludes halogenated alkanes) is 1. The van der Waals surface area contributed by atoms with Crippen LogP contribution in [0.5, 0.6) is 0 Å². The van der Waals surface area contributed by atoms with Crippen LogP contribution in [0.4, 0.5) is 0 Å². The Morgan fingerprint density at radius 3 is 2.81 bits per heavy atom. The van der Waals surface area contributed by atoms with Crippen LogP contribution in [0.1, 0.15) is 32.1 Å². The minimum absolute atomic E-state index is 0.249. The van der Waals surface area contributed by atoms with Gasteiger partial charge in [0.2, 0.25) is 5.91 Å². The smallest absolute Gasteiger partial charge is 0.223 e. The van der Waals surface area contributed by atoms with Crippen LogP contribution in [-0.2, 0) is 14.3 Å². The number of rotatable bonds is 8. The van der Waals surface area contributed by atoms with E-state index in [1.165, 1.54) is 6.42 Å². The molecule has 0 aromatic heterocycles. The molecule has 0 aromatic carbocycles. The van der Waals surface area contributed by atoms with E-state index in [1.54, 1.807) is 0 Å². The van der Waals surface area contributed by atoms with Crippen LogP contribution in [0, 0.1) is 5.92 Å². The Kier molecular flexibility index (Phi) is 4.60. The molecular formula is C12H21NO3. The molecule has 1 aliphatic carbocycles. The van der Waals surface area contributed by atoms with Crippen molar-refractivity contribution in [3.8, 4) is 0 Å². The third-order valence-electron chi connectivity index (χ3n) is 3.20. The summed E-state index contributed by atoms with van der Waals surface area (Å²) in [6.07, 6.45) is 5.75. The molecular weight excluding hydrogens is 206 g/mol. The molecule has 2 aliphatic rings. The molecule has 1 unspecified atom stereocenters. The van der Waals surface area contributed by atoms with Crippen molar-refractivity contribution in [2.24, 2.45) is 5.92 Å². The summed E-state index contributed by atoms with van der Waals surface area (Å²) in [5.41, 5.74) is 0. The van der Waals surface area contributed by atoms with Gasteiger partial charge >= 0.3 is 0 Å². The van der Waals surface area contributed by atoms with Crippen molar-refractivity contribution in [2.75, 3.05) is 26.4 Å². The summed E-state index contributed by atoms with van der Waals surface area (Å²) in [5, 5.41) is 2.98. The monoisotopic (exact) mass is 227 g/mol. The summed E-state index contributed by atoms with van der Waals surface area (Å²) in [4.78, 5) is 11.5. The largest absolute Gasteiger partial charge is 0.379 e. The van der Waals surface area contributed by atoms with Gasteiger partial charge in [-0.25, -0.2) is 0 Å². The molecule has 1 heterocycles. The average Bonchev–Trinajstić information content (AvgIpc) is 2.97. The average molecular weight is 227 g/mol. The first kappa shape index (κ1) is 11.9. The number of hydrogen-bond acceptors (Lipinski definition) is 3. The van der Waals surface area contributed by atoms with Crippen molar-refractivity contribution in [3.63, 3.8) is 0 Å². The number of amides is 1. The molecule has 0 spiro atoms. The topological polar surface area (TPSA) is 50.9 Å². The Bertz CT molecular complexity index is 224. The van der Waals surface area contributed by atoms with Gasteiger partial charge < -0.3 is 14.8 Å². The zero-order valence-corrected chi connectivity index (χ0v) is 9.74. The van der Waals surface area contributed by atoms with E-state index in [2.05, 4.69) is 5.32 Å². The van der Waals surface area contributed by atoms with Crippen LogP contribution in [0.25, 0.3) is 0 Å². The highest BCUT2D eigenvalue weighted by molar-refractivity contribution is 5.79. The number of nitrogens with one attached hydrogen (secondary N) is 1. The Morgan fingerprint density at radius 1 is 1.38 bits per heavy atom. The lowest BCUT2D eigenvalue weighted by Gasteiger charge is -2.23. The van der Waals surface area contributed by atoms with Crippen LogP contribution in [0.3, 0.4) is 0 Å². The molecule has 0 radical (unpaired) electrons. The van der Waals surface area contributed by atoms with Crippen molar-refractivity contribution in [2.45, 2.75) is 38.2 Å². The molecule has 2 rings (SSSR count). The van der Waals surface area contributed by atoms with E-state index >= 15 is 0 Å². The first-order valence-electron chi connectivity index (χ1n) is 6.33. The molecule has 0 aromatic rings. The number of hydrogen-bond donors (Lipinski definition) is 1. The molecule has 2 fully saturated rings. The quantitative estimate of drug-likeness (QED) is 0.499. The second-order valence-electron chi connectivity index (χ2n) is 4.66. The Balaban J connectivity index is 1.35. The summed E-state index contributed by atoms with van der Waals surface area (Å²) in [6, 6.07) is 0. The number of carbonyl (C=O) groups is 1. The molecule has 4 nitrogen and oxygen atoms in total. The molecule has 1 saturated carbocycles. The lowest BCUT2D eigenvalue weighted by atomic mass is 9.85. The fourth-order valence-electron chi connectivity index (χ4n) is 1.73. The molecule has 1 N–H and O–H groups in total. The molecule has 16 heavy (non-hydrogen) atoms. The molecule has 0 bridgehead atoms. The summed E-state index contributed by atoms with van der Waals surface area (Å²) in [6.45, 7) is 3.16. The van der Waals surface area contributed by atoms with Crippen molar-refractivity contribution in [3.05, 3.63) is 0 Å². The third-order valence-corrected chi connectivity index (χ3v) is 3.20. The first-order valence-corrected chi connectivity index (χ1v) is 6.33.